The third-order valence-electron chi connectivity index (χ3n) is 2.56. The summed E-state index contributed by atoms with van der Waals surface area (Å²) < 4.78 is 48.2. The number of nitrogens with two attached hydrogens (primary N) is 1. The lowest BCUT2D eigenvalue weighted by atomic mass is 10.1. The van der Waals surface area contributed by atoms with Gasteiger partial charge in [0.15, 0.2) is 0 Å². The number of piperidine rings is 1. The molecule has 1 aromatic carbocycles. The third kappa shape index (κ3) is 5.34. The number of phenols is 1. The van der Waals surface area contributed by atoms with Crippen molar-refractivity contribution in [1.82, 2.24) is 5.32 Å². The quantitative estimate of drug-likeness (QED) is 0.389. The van der Waals surface area contributed by atoms with Crippen LogP contribution < -0.4 is 11.1 Å². The Hall–Kier alpha value is -1.50. The minimum Gasteiger partial charge on any atom is -0.507 e. The van der Waals surface area contributed by atoms with Gasteiger partial charge in [-0.2, -0.15) is 13.2 Å². The van der Waals surface area contributed by atoms with E-state index >= 15 is 0 Å². The molecule has 0 saturated carbocycles. The molecule has 1 unspecified atom stereocenters. The number of phenolic OH excluding ortho intramolecular Hbond substituents is 1. The number of benzene rings is 1. The highest BCUT2D eigenvalue weighted by atomic mass is 19.4. The molecule has 1 saturated heterocycles. The number of hydrogen-bond acceptors (Lipinski definition) is 3. The van der Waals surface area contributed by atoms with Crippen molar-refractivity contribution < 1.29 is 22.7 Å². The van der Waals surface area contributed by atoms with Crippen LogP contribution in [0, 0.1) is 0 Å². The highest BCUT2D eigenvalue weighted by molar-refractivity contribution is 5.48. The molecule has 2 rings (SSSR count). The van der Waals surface area contributed by atoms with Gasteiger partial charge in [-0.05, 0) is 37.6 Å². The van der Waals surface area contributed by atoms with Gasteiger partial charge in [-0.25, -0.2) is 4.39 Å². The van der Waals surface area contributed by atoms with Crippen LogP contribution in [-0.4, -0.2) is 24.4 Å². The highest BCUT2D eigenvalue weighted by Gasteiger charge is 2.33. The largest absolute Gasteiger partial charge is 0.507 e. The summed E-state index contributed by atoms with van der Waals surface area (Å²) in [5.41, 5.74) is 3.98. The maximum Gasteiger partial charge on any atom is 0.420 e. The van der Waals surface area contributed by atoms with Crippen molar-refractivity contribution in [3.05, 3.63) is 23.8 Å². The Labute approximate surface area is 108 Å². The molecule has 1 heterocycles. The normalized spacial score (nSPS) is 19.5. The van der Waals surface area contributed by atoms with Crippen LogP contribution in [0.4, 0.5) is 23.2 Å². The van der Waals surface area contributed by atoms with Gasteiger partial charge in [0, 0.05) is 12.2 Å². The molecule has 19 heavy (non-hydrogen) atoms. The van der Waals surface area contributed by atoms with Gasteiger partial charge in [0.2, 0.25) is 0 Å². The van der Waals surface area contributed by atoms with E-state index in [1.165, 1.54) is 6.07 Å². The van der Waals surface area contributed by atoms with E-state index in [2.05, 4.69) is 5.32 Å². The fourth-order valence-electron chi connectivity index (χ4n) is 1.59. The van der Waals surface area contributed by atoms with E-state index in [0.717, 1.165) is 25.5 Å². The molecule has 0 aliphatic carbocycles. The second kappa shape index (κ2) is 6.60. The standard InChI is InChI=1S/C7H6F3NO.C5H10FN/c8-7(9,10)5-3-4(11)1-2-6(5)12;6-5-2-1-3-7-4-5/h1-3,12H,11H2;5,7H,1-4H2. The molecule has 1 fully saturated rings. The average molecular weight is 280 g/mol. The molecule has 3 nitrogen and oxygen atoms in total. The Balaban J connectivity index is 0.000000218. The molecular weight excluding hydrogens is 264 g/mol. The van der Waals surface area contributed by atoms with Crippen molar-refractivity contribution >= 4 is 5.69 Å². The monoisotopic (exact) mass is 280 g/mol. The Morgan fingerprint density at radius 3 is 2.37 bits per heavy atom. The Kier molecular flexibility index (Phi) is 5.41. The molecule has 0 radical (unpaired) electrons. The Morgan fingerprint density at radius 1 is 1.32 bits per heavy atom. The summed E-state index contributed by atoms with van der Waals surface area (Å²) in [4.78, 5) is 0. The predicted molar refractivity (Wildman–Crippen MR) is 64.5 cm³/mol. The summed E-state index contributed by atoms with van der Waals surface area (Å²) in [6.45, 7) is 1.57. The van der Waals surface area contributed by atoms with Crippen LogP contribution in [0.2, 0.25) is 0 Å². The van der Waals surface area contributed by atoms with Crippen LogP contribution in [-0.2, 0) is 6.18 Å². The number of hydrogen-bond donors (Lipinski definition) is 3. The van der Waals surface area contributed by atoms with Gasteiger partial charge in [-0.15, -0.1) is 0 Å². The first-order valence-corrected chi connectivity index (χ1v) is 5.81. The smallest absolute Gasteiger partial charge is 0.420 e. The molecule has 7 heteroatoms. The van der Waals surface area contributed by atoms with Crippen LogP contribution in [0.3, 0.4) is 0 Å². The van der Waals surface area contributed by atoms with Crippen LogP contribution in [0.5, 0.6) is 5.75 Å². The summed E-state index contributed by atoms with van der Waals surface area (Å²) in [5, 5.41) is 11.8. The van der Waals surface area contributed by atoms with Crippen LogP contribution in [0.15, 0.2) is 18.2 Å². The van der Waals surface area contributed by atoms with E-state index in [9.17, 15) is 17.6 Å². The molecule has 0 bridgehead atoms. The van der Waals surface area contributed by atoms with Gasteiger partial charge in [0.25, 0.3) is 0 Å². The van der Waals surface area contributed by atoms with Crippen molar-refractivity contribution in [3.63, 3.8) is 0 Å². The first-order valence-electron chi connectivity index (χ1n) is 5.81. The number of alkyl halides is 4. The number of rotatable bonds is 0. The molecule has 1 aliphatic heterocycles. The molecule has 108 valence electrons. The zero-order chi connectivity index (χ0) is 14.5. The highest BCUT2D eigenvalue weighted by Crippen LogP contribution is 2.36. The molecule has 1 aromatic rings. The third-order valence-corrected chi connectivity index (χ3v) is 2.56. The van der Waals surface area contributed by atoms with E-state index in [-0.39, 0.29) is 5.69 Å². The summed E-state index contributed by atoms with van der Waals surface area (Å²) in [6.07, 6.45) is -3.37. The predicted octanol–water partition coefficient (Wildman–Crippen LogP) is 2.70. The first-order chi connectivity index (χ1) is 8.80. The summed E-state index contributed by atoms with van der Waals surface area (Å²) in [5.74, 6) is -0.809. The van der Waals surface area contributed by atoms with Gasteiger partial charge >= 0.3 is 6.18 Å². The SMILES string of the molecule is FC1CCCNC1.Nc1ccc(O)c(C(F)(F)F)c1. The van der Waals surface area contributed by atoms with Crippen molar-refractivity contribution in [2.75, 3.05) is 18.8 Å². The van der Waals surface area contributed by atoms with Gasteiger partial charge in [0.1, 0.15) is 11.9 Å². The zero-order valence-corrected chi connectivity index (χ0v) is 10.2. The summed E-state index contributed by atoms with van der Waals surface area (Å²) in [7, 11) is 0. The Bertz CT molecular complexity index is 403. The minimum absolute atomic E-state index is 0.0277. The summed E-state index contributed by atoms with van der Waals surface area (Å²) >= 11 is 0. The van der Waals surface area contributed by atoms with E-state index in [1.807, 2.05) is 0 Å². The van der Waals surface area contributed by atoms with E-state index in [1.54, 1.807) is 0 Å². The van der Waals surface area contributed by atoms with Gasteiger partial charge in [0.05, 0.1) is 5.56 Å². The van der Waals surface area contributed by atoms with Crippen molar-refractivity contribution in [2.24, 2.45) is 0 Å². The lowest BCUT2D eigenvalue weighted by Crippen LogP contribution is -2.30. The zero-order valence-electron chi connectivity index (χ0n) is 10.2. The first kappa shape index (κ1) is 15.6. The lowest BCUT2D eigenvalue weighted by molar-refractivity contribution is -0.138. The molecule has 1 atom stereocenters. The van der Waals surface area contributed by atoms with Crippen molar-refractivity contribution in [2.45, 2.75) is 25.2 Å². The summed E-state index contributed by atoms with van der Waals surface area (Å²) in [6, 6.07) is 2.80. The molecule has 4 N–H and O–H groups in total. The second-order valence-corrected chi connectivity index (χ2v) is 4.22. The fraction of sp³-hybridized carbons (Fsp3) is 0.500. The van der Waals surface area contributed by atoms with Gasteiger partial charge in [-0.1, -0.05) is 0 Å². The fourth-order valence-corrected chi connectivity index (χ4v) is 1.59. The number of anilines is 1. The maximum absolute atomic E-state index is 12.1. The van der Waals surface area contributed by atoms with E-state index in [4.69, 9.17) is 10.8 Å². The van der Waals surface area contributed by atoms with Gasteiger partial charge < -0.3 is 16.2 Å². The van der Waals surface area contributed by atoms with Crippen molar-refractivity contribution in [3.8, 4) is 5.75 Å². The second-order valence-electron chi connectivity index (χ2n) is 4.22. The number of aromatic hydroxyl groups is 1. The van der Waals surface area contributed by atoms with Crippen LogP contribution >= 0.6 is 0 Å². The molecule has 0 amide bonds. The van der Waals surface area contributed by atoms with Gasteiger partial charge in [-0.3, -0.25) is 0 Å². The minimum atomic E-state index is -4.56. The maximum atomic E-state index is 12.1. The average Bonchev–Trinajstić information content (AvgIpc) is 2.33. The topological polar surface area (TPSA) is 58.3 Å². The number of nitrogen functional groups attached to an aromatic ring is 1. The lowest BCUT2D eigenvalue weighted by Gasteiger charge is -2.14. The number of halogens is 4. The van der Waals surface area contributed by atoms with Crippen LogP contribution in [0.25, 0.3) is 0 Å². The van der Waals surface area contributed by atoms with E-state index < -0.39 is 23.7 Å². The molecule has 0 spiro atoms. The van der Waals surface area contributed by atoms with E-state index in [0.29, 0.717) is 12.6 Å². The molecule has 0 aromatic heterocycles. The number of nitrogens with one attached hydrogen (secondary N) is 1. The Morgan fingerprint density at radius 2 is 2.00 bits per heavy atom. The van der Waals surface area contributed by atoms with Crippen molar-refractivity contribution in [1.29, 1.82) is 0 Å². The van der Waals surface area contributed by atoms with Crippen LogP contribution in [0.1, 0.15) is 18.4 Å². The molecular formula is C12H16F4N2O. The molecule has 1 aliphatic rings.